The smallest absolute Gasteiger partial charge is 0.250 e. The summed E-state index contributed by atoms with van der Waals surface area (Å²) in [5.41, 5.74) is 1.72. The minimum atomic E-state index is -1.15. The van der Waals surface area contributed by atoms with Crippen molar-refractivity contribution in [1.82, 2.24) is 25.8 Å². The average Bonchev–Trinajstić information content (AvgIpc) is 3.42. The fourth-order valence-corrected chi connectivity index (χ4v) is 5.41. The molecule has 53 heavy (non-hydrogen) atoms. The first kappa shape index (κ1) is 44.8. The number of anilines is 1. The van der Waals surface area contributed by atoms with Gasteiger partial charge in [0.25, 0.3) is 0 Å². The summed E-state index contributed by atoms with van der Waals surface area (Å²) in [6.07, 6.45) is 1.78. The van der Waals surface area contributed by atoms with Gasteiger partial charge in [0.1, 0.15) is 19.3 Å². The zero-order valence-corrected chi connectivity index (χ0v) is 31.5. The van der Waals surface area contributed by atoms with Gasteiger partial charge in [-0.3, -0.25) is 28.5 Å². The third-order valence-electron chi connectivity index (χ3n) is 7.35. The fraction of sp³-hybridized carbons (Fsp3) is 0.571. The predicted octanol–water partition coefficient (Wildman–Crippen LogP) is 0.912. The van der Waals surface area contributed by atoms with E-state index in [2.05, 4.69) is 26.6 Å². The number of nitrogens with zero attached hydrogens (tertiary/aromatic N) is 1. The molecular formula is C35H54N6O11S. The minimum absolute atomic E-state index is 0.0456. The lowest BCUT2D eigenvalue weighted by molar-refractivity contribution is -0.131. The zero-order valence-electron chi connectivity index (χ0n) is 30.7. The summed E-state index contributed by atoms with van der Waals surface area (Å²) in [5.74, 6) is -2.67. The molecule has 18 heteroatoms. The number of aromatic hydroxyl groups is 2. The maximum Gasteiger partial charge on any atom is 0.250 e. The second-order valence-electron chi connectivity index (χ2n) is 11.5. The topological polar surface area (TPSA) is 228 Å². The summed E-state index contributed by atoms with van der Waals surface area (Å²) in [6, 6.07) is 7.53. The molecule has 0 spiro atoms. The molecule has 0 aliphatic carbocycles. The van der Waals surface area contributed by atoms with Crippen LogP contribution in [0.5, 0.6) is 11.8 Å². The van der Waals surface area contributed by atoms with Gasteiger partial charge >= 0.3 is 0 Å². The molecule has 2 rings (SSSR count). The monoisotopic (exact) mass is 766 g/mol. The van der Waals surface area contributed by atoms with E-state index in [-0.39, 0.29) is 69.1 Å². The zero-order chi connectivity index (χ0) is 38.8. The van der Waals surface area contributed by atoms with Crippen LogP contribution in [-0.4, -0.2) is 129 Å². The van der Waals surface area contributed by atoms with E-state index in [0.29, 0.717) is 43.6 Å². The number of ether oxygens (including phenoxy) is 4. The molecule has 17 nitrogen and oxygen atoms in total. The van der Waals surface area contributed by atoms with Crippen molar-refractivity contribution >= 4 is 47.0 Å². The molecule has 0 radical (unpaired) electrons. The van der Waals surface area contributed by atoms with Gasteiger partial charge in [0, 0.05) is 63.6 Å². The van der Waals surface area contributed by atoms with Gasteiger partial charge in [0.15, 0.2) is 5.88 Å². The number of rotatable bonds is 28. The molecule has 1 aromatic heterocycles. The van der Waals surface area contributed by atoms with Gasteiger partial charge in [-0.05, 0) is 30.5 Å². The number of aryl methyl sites for hydroxylation is 1. The largest absolute Gasteiger partial charge is 0.494 e. The molecule has 296 valence electrons. The van der Waals surface area contributed by atoms with Crippen LogP contribution in [0, 0.1) is 0 Å². The third kappa shape index (κ3) is 18.8. The van der Waals surface area contributed by atoms with Crippen LogP contribution in [0.4, 0.5) is 5.69 Å². The highest BCUT2D eigenvalue weighted by Gasteiger charge is 2.22. The van der Waals surface area contributed by atoms with E-state index >= 15 is 0 Å². The van der Waals surface area contributed by atoms with Crippen molar-refractivity contribution in [3.8, 4) is 11.8 Å². The SMILES string of the molecule is CCCOCCOCCOCCNC(=O)[C@H](CNC(=O)COCC(=O)Nc1ccc(CC)cc1)NC(=O)CCSc1cc(O)n(CCC(=O)NC)c1O. The maximum atomic E-state index is 13.0. The number of nitrogens with one attached hydrogen (secondary N) is 5. The highest BCUT2D eigenvalue weighted by atomic mass is 32.2. The van der Waals surface area contributed by atoms with E-state index in [1.165, 1.54) is 17.7 Å². The quantitative estimate of drug-likeness (QED) is 0.0474. The van der Waals surface area contributed by atoms with Crippen LogP contribution in [0.25, 0.3) is 0 Å². The standard InChI is InChI=1S/C35H54N6O11S/c1-4-14-49-16-18-51-19-17-50-15-12-37-34(47)27(22-38-31(44)23-52-24-32(45)39-26-8-6-25(5-2)7-9-26)40-30(43)11-20-53-28-21-33(46)41(35(28)48)13-10-29(42)36-3/h6-9,21,27,46,48H,4-5,10-20,22-24H2,1-3H3,(H,36,42)(H,37,47)(H,38,44)(H,39,45)(H,40,43)/t27-/m0/s1. The molecule has 0 saturated carbocycles. The minimum Gasteiger partial charge on any atom is -0.494 e. The fourth-order valence-electron chi connectivity index (χ4n) is 4.48. The van der Waals surface area contributed by atoms with E-state index < -0.39 is 36.3 Å². The van der Waals surface area contributed by atoms with Crippen molar-refractivity contribution < 1.29 is 53.1 Å². The number of carbonyl (C=O) groups is 5. The summed E-state index contributed by atoms with van der Waals surface area (Å²) in [6.45, 7) is 5.63. The van der Waals surface area contributed by atoms with Crippen LogP contribution in [-0.2, 0) is 55.9 Å². The summed E-state index contributed by atoms with van der Waals surface area (Å²) < 4.78 is 22.6. The summed E-state index contributed by atoms with van der Waals surface area (Å²) in [5, 5.41) is 33.6. The van der Waals surface area contributed by atoms with E-state index in [1.54, 1.807) is 12.1 Å². The Hall–Kier alpha value is -4.36. The molecule has 1 aromatic carbocycles. The maximum absolute atomic E-state index is 13.0. The second-order valence-corrected chi connectivity index (χ2v) is 12.6. The molecule has 7 N–H and O–H groups in total. The number of hydrogen-bond donors (Lipinski definition) is 7. The molecule has 1 atom stereocenters. The van der Waals surface area contributed by atoms with Gasteiger partial charge in [-0.15, -0.1) is 11.8 Å². The molecular weight excluding hydrogens is 712 g/mol. The first-order chi connectivity index (χ1) is 25.6. The molecule has 1 heterocycles. The first-order valence-electron chi connectivity index (χ1n) is 17.6. The van der Waals surface area contributed by atoms with E-state index in [4.69, 9.17) is 18.9 Å². The van der Waals surface area contributed by atoms with Crippen molar-refractivity contribution in [2.45, 2.75) is 57.0 Å². The Labute approximate surface area is 314 Å². The Kier molecular flexibility index (Phi) is 22.3. The van der Waals surface area contributed by atoms with Crippen LogP contribution >= 0.6 is 11.8 Å². The molecule has 0 saturated heterocycles. The molecule has 2 aromatic rings. The third-order valence-corrected chi connectivity index (χ3v) is 8.37. The van der Waals surface area contributed by atoms with Crippen LogP contribution in [0.3, 0.4) is 0 Å². The second kappa shape index (κ2) is 26.4. The van der Waals surface area contributed by atoms with Crippen molar-refractivity contribution in [2.24, 2.45) is 0 Å². The number of carbonyl (C=O) groups excluding carboxylic acids is 5. The lowest BCUT2D eigenvalue weighted by atomic mass is 10.1. The van der Waals surface area contributed by atoms with Crippen LogP contribution in [0.2, 0.25) is 0 Å². The molecule has 0 bridgehead atoms. The summed E-state index contributed by atoms with van der Waals surface area (Å²) >= 11 is 1.10. The molecule has 0 fully saturated rings. The van der Waals surface area contributed by atoms with Crippen molar-refractivity contribution in [1.29, 1.82) is 0 Å². The number of benzene rings is 1. The Morgan fingerprint density at radius 3 is 2.11 bits per heavy atom. The van der Waals surface area contributed by atoms with Gasteiger partial charge in [-0.25, -0.2) is 0 Å². The van der Waals surface area contributed by atoms with Gasteiger partial charge in [-0.2, -0.15) is 0 Å². The molecule has 0 unspecified atom stereocenters. The highest BCUT2D eigenvalue weighted by molar-refractivity contribution is 7.99. The van der Waals surface area contributed by atoms with Crippen molar-refractivity contribution in [3.05, 3.63) is 35.9 Å². The van der Waals surface area contributed by atoms with E-state index in [1.807, 2.05) is 26.0 Å². The van der Waals surface area contributed by atoms with Gasteiger partial charge in [0.05, 0.1) is 37.9 Å². The van der Waals surface area contributed by atoms with Gasteiger partial charge in [0.2, 0.25) is 35.4 Å². The molecule has 0 aliphatic heterocycles. The van der Waals surface area contributed by atoms with Crippen LogP contribution < -0.4 is 26.6 Å². The Morgan fingerprint density at radius 2 is 1.45 bits per heavy atom. The normalized spacial score (nSPS) is 11.5. The van der Waals surface area contributed by atoms with Gasteiger partial charge in [-0.1, -0.05) is 26.0 Å². The number of aromatic nitrogens is 1. The molecule has 0 aliphatic rings. The lowest BCUT2D eigenvalue weighted by Crippen LogP contribution is -2.53. The van der Waals surface area contributed by atoms with Gasteiger partial charge < -0.3 is 55.7 Å². The number of hydrogen-bond acceptors (Lipinski definition) is 12. The highest BCUT2D eigenvalue weighted by Crippen LogP contribution is 2.35. The van der Waals surface area contributed by atoms with Crippen LogP contribution in [0.1, 0.15) is 38.7 Å². The predicted molar refractivity (Wildman–Crippen MR) is 198 cm³/mol. The average molecular weight is 767 g/mol. The van der Waals surface area contributed by atoms with Crippen LogP contribution in [0.15, 0.2) is 35.2 Å². The van der Waals surface area contributed by atoms with Crippen molar-refractivity contribution in [3.63, 3.8) is 0 Å². The summed E-state index contributed by atoms with van der Waals surface area (Å²) in [7, 11) is 1.48. The van der Waals surface area contributed by atoms with Crippen molar-refractivity contribution in [2.75, 3.05) is 84.1 Å². The van der Waals surface area contributed by atoms with E-state index in [9.17, 15) is 34.2 Å². The summed E-state index contributed by atoms with van der Waals surface area (Å²) in [4.78, 5) is 62.5. The Morgan fingerprint density at radius 1 is 0.792 bits per heavy atom. The van der Waals surface area contributed by atoms with E-state index in [0.717, 1.165) is 30.2 Å². The number of amides is 5. The first-order valence-corrected chi connectivity index (χ1v) is 18.5. The molecule has 5 amide bonds. The number of thioether (sulfide) groups is 1. The lowest BCUT2D eigenvalue weighted by Gasteiger charge is -2.19. The Bertz CT molecular complexity index is 1420. The Balaban J connectivity index is 1.83.